The molecule has 1 aliphatic rings. The Morgan fingerprint density at radius 2 is 1.61 bits per heavy atom. The molecule has 0 aromatic heterocycles. The van der Waals surface area contributed by atoms with Crippen LogP contribution in [-0.2, 0) is 0 Å². The lowest BCUT2D eigenvalue weighted by Gasteiger charge is -2.05. The topological polar surface area (TPSA) is 37.3 Å². The van der Waals surface area contributed by atoms with Gasteiger partial charge in [-0.25, -0.2) is 4.79 Å². The van der Waals surface area contributed by atoms with Crippen LogP contribution in [0.15, 0.2) is 66.8 Å². The van der Waals surface area contributed by atoms with Crippen molar-refractivity contribution in [3.05, 3.63) is 77.9 Å². The summed E-state index contributed by atoms with van der Waals surface area (Å²) < 4.78 is 0. The summed E-state index contributed by atoms with van der Waals surface area (Å²) in [5, 5.41) is 8.86. The number of carboxylic acid groups (broad SMARTS) is 1. The van der Waals surface area contributed by atoms with E-state index >= 15 is 0 Å². The van der Waals surface area contributed by atoms with E-state index < -0.39 is 5.97 Å². The van der Waals surface area contributed by atoms with Crippen LogP contribution < -0.4 is 0 Å². The molecule has 90 valence electrons. The first-order valence-electron chi connectivity index (χ1n) is 5.80. The van der Waals surface area contributed by atoms with E-state index in [1.807, 2.05) is 42.5 Å². The minimum absolute atomic E-state index is 0.315. The fourth-order valence-electron chi connectivity index (χ4n) is 1.75. The molecule has 0 unspecified atom stereocenters. The Labute approximate surface area is 106 Å². The molecule has 0 atom stereocenters. The quantitative estimate of drug-likeness (QED) is 0.849. The second-order valence-corrected chi connectivity index (χ2v) is 3.98. The van der Waals surface area contributed by atoms with Gasteiger partial charge < -0.3 is 5.11 Å². The molecule has 0 aliphatic heterocycles. The monoisotopic (exact) mass is 238 g/mol. The van der Waals surface area contributed by atoms with Crippen LogP contribution in [0.4, 0.5) is 0 Å². The molecule has 1 aromatic rings. The van der Waals surface area contributed by atoms with Crippen molar-refractivity contribution in [2.75, 3.05) is 0 Å². The van der Waals surface area contributed by atoms with Crippen LogP contribution in [0.2, 0.25) is 0 Å². The third-order valence-electron chi connectivity index (χ3n) is 2.72. The third-order valence-corrected chi connectivity index (χ3v) is 2.72. The first-order chi connectivity index (χ1) is 8.77. The average molecular weight is 238 g/mol. The summed E-state index contributed by atoms with van der Waals surface area (Å²) in [4.78, 5) is 10.8. The molecular weight excluding hydrogens is 224 g/mol. The molecule has 0 spiro atoms. The molecule has 1 aliphatic carbocycles. The summed E-state index contributed by atoms with van der Waals surface area (Å²) in [5.74, 6) is -0.894. The summed E-state index contributed by atoms with van der Waals surface area (Å²) in [5.41, 5.74) is 2.54. The predicted molar refractivity (Wildman–Crippen MR) is 73.4 cm³/mol. The van der Waals surface area contributed by atoms with E-state index in [1.54, 1.807) is 12.1 Å². The highest BCUT2D eigenvalue weighted by molar-refractivity contribution is 5.88. The zero-order chi connectivity index (χ0) is 12.8. The molecule has 0 saturated carbocycles. The number of aromatic carboxylic acids is 1. The largest absolute Gasteiger partial charge is 0.478 e. The van der Waals surface area contributed by atoms with Crippen molar-refractivity contribution in [2.45, 2.75) is 6.42 Å². The molecule has 0 saturated heterocycles. The van der Waals surface area contributed by atoms with E-state index in [-0.39, 0.29) is 0 Å². The first-order valence-corrected chi connectivity index (χ1v) is 5.80. The van der Waals surface area contributed by atoms with Crippen LogP contribution >= 0.6 is 0 Å². The molecule has 0 amide bonds. The lowest BCUT2D eigenvalue weighted by atomic mass is 10.0. The van der Waals surface area contributed by atoms with Gasteiger partial charge in [-0.15, -0.1) is 0 Å². The fourth-order valence-corrected chi connectivity index (χ4v) is 1.75. The Balaban J connectivity index is 2.27. The SMILES string of the molecule is O=C(O)c1ccc(/C2=C/C=C\C=C/C=C\C2)cc1. The predicted octanol–water partition coefficient (Wildman–Crippen LogP) is 3.84. The van der Waals surface area contributed by atoms with Gasteiger partial charge in [0.05, 0.1) is 5.56 Å². The van der Waals surface area contributed by atoms with Crippen LogP contribution in [-0.4, -0.2) is 11.1 Å². The number of benzene rings is 1. The summed E-state index contributed by atoms with van der Waals surface area (Å²) in [7, 11) is 0. The van der Waals surface area contributed by atoms with E-state index in [9.17, 15) is 4.79 Å². The normalized spacial score (nSPS) is 22.8. The number of hydrogen-bond acceptors (Lipinski definition) is 1. The highest BCUT2D eigenvalue weighted by Gasteiger charge is 2.04. The number of carboxylic acids is 1. The smallest absolute Gasteiger partial charge is 0.335 e. The molecular formula is C16H14O2. The Morgan fingerprint density at radius 3 is 2.33 bits per heavy atom. The molecule has 1 N–H and O–H groups in total. The third kappa shape index (κ3) is 3.08. The maximum Gasteiger partial charge on any atom is 0.335 e. The van der Waals surface area contributed by atoms with Crippen molar-refractivity contribution in [1.29, 1.82) is 0 Å². The molecule has 0 heterocycles. The van der Waals surface area contributed by atoms with Gasteiger partial charge in [0.2, 0.25) is 0 Å². The first kappa shape index (κ1) is 12.1. The maximum atomic E-state index is 10.8. The van der Waals surface area contributed by atoms with Crippen LogP contribution in [0.1, 0.15) is 22.3 Å². The van der Waals surface area contributed by atoms with Gasteiger partial charge in [-0.05, 0) is 29.7 Å². The van der Waals surface area contributed by atoms with Crippen molar-refractivity contribution in [3.63, 3.8) is 0 Å². The van der Waals surface area contributed by atoms with E-state index in [1.165, 1.54) is 5.57 Å². The van der Waals surface area contributed by atoms with E-state index in [4.69, 9.17) is 5.11 Å². The second kappa shape index (κ2) is 5.82. The zero-order valence-corrected chi connectivity index (χ0v) is 9.91. The van der Waals surface area contributed by atoms with Crippen molar-refractivity contribution in [2.24, 2.45) is 0 Å². The van der Waals surface area contributed by atoms with Gasteiger partial charge in [0.15, 0.2) is 0 Å². The number of rotatable bonds is 2. The van der Waals surface area contributed by atoms with Crippen molar-refractivity contribution in [1.82, 2.24) is 0 Å². The summed E-state index contributed by atoms with van der Waals surface area (Å²) in [6.45, 7) is 0. The fraction of sp³-hybridized carbons (Fsp3) is 0.0625. The second-order valence-electron chi connectivity index (χ2n) is 3.98. The van der Waals surface area contributed by atoms with Gasteiger partial charge in [-0.2, -0.15) is 0 Å². The Kier molecular flexibility index (Phi) is 3.92. The lowest BCUT2D eigenvalue weighted by molar-refractivity contribution is 0.0697. The van der Waals surface area contributed by atoms with E-state index in [0.717, 1.165) is 12.0 Å². The standard InChI is InChI=1S/C16H14O2/c17-16(18)15-11-9-14(10-12-15)13-7-5-3-1-2-4-6-8-13/h1-7,9-12H,8H2,(H,17,18)/b2-1-,5-3-,6-4-,13-7+. The lowest BCUT2D eigenvalue weighted by Crippen LogP contribution is -1.95. The average Bonchev–Trinajstić information content (AvgIpc) is 2.52. The van der Waals surface area contributed by atoms with Crippen molar-refractivity contribution >= 4 is 11.5 Å². The van der Waals surface area contributed by atoms with Gasteiger partial charge in [0, 0.05) is 0 Å². The Hall–Kier alpha value is -2.35. The maximum absolute atomic E-state index is 10.8. The molecule has 18 heavy (non-hydrogen) atoms. The Bertz CT molecular complexity index is 543. The summed E-state index contributed by atoms with van der Waals surface area (Å²) in [6.07, 6.45) is 14.9. The molecule has 0 fully saturated rings. The Morgan fingerprint density at radius 1 is 0.944 bits per heavy atom. The van der Waals surface area contributed by atoms with Gasteiger partial charge >= 0.3 is 5.97 Å². The minimum Gasteiger partial charge on any atom is -0.478 e. The highest BCUT2D eigenvalue weighted by atomic mass is 16.4. The van der Waals surface area contributed by atoms with Gasteiger partial charge in [-0.1, -0.05) is 54.7 Å². The molecule has 0 radical (unpaired) electrons. The number of carbonyl (C=O) groups is 1. The number of allylic oxidation sites excluding steroid dienone is 8. The molecule has 2 rings (SSSR count). The van der Waals surface area contributed by atoms with Crippen LogP contribution in [0.3, 0.4) is 0 Å². The summed E-state index contributed by atoms with van der Waals surface area (Å²) in [6, 6.07) is 6.97. The van der Waals surface area contributed by atoms with Crippen molar-refractivity contribution < 1.29 is 9.90 Å². The molecule has 2 nitrogen and oxygen atoms in total. The minimum atomic E-state index is -0.894. The van der Waals surface area contributed by atoms with E-state index in [0.29, 0.717) is 5.56 Å². The van der Waals surface area contributed by atoms with Gasteiger partial charge in [-0.3, -0.25) is 0 Å². The van der Waals surface area contributed by atoms with Crippen molar-refractivity contribution in [3.8, 4) is 0 Å². The van der Waals surface area contributed by atoms with Crippen LogP contribution in [0.25, 0.3) is 5.57 Å². The van der Waals surface area contributed by atoms with Crippen LogP contribution in [0, 0.1) is 0 Å². The summed E-state index contributed by atoms with van der Waals surface area (Å²) >= 11 is 0. The van der Waals surface area contributed by atoms with E-state index in [2.05, 4.69) is 12.2 Å². The van der Waals surface area contributed by atoms with Gasteiger partial charge in [0.25, 0.3) is 0 Å². The van der Waals surface area contributed by atoms with Crippen LogP contribution in [0.5, 0.6) is 0 Å². The number of hydrogen-bond donors (Lipinski definition) is 1. The molecule has 0 bridgehead atoms. The molecule has 1 aromatic carbocycles. The zero-order valence-electron chi connectivity index (χ0n) is 9.91. The highest BCUT2D eigenvalue weighted by Crippen LogP contribution is 2.20. The van der Waals surface area contributed by atoms with Gasteiger partial charge in [0.1, 0.15) is 0 Å². The molecule has 2 heteroatoms.